The molecule has 0 saturated heterocycles. The highest BCUT2D eigenvalue weighted by atomic mass is 16.1. The number of nitrogens with zero attached hydrogens (tertiary/aromatic N) is 2. The number of primary amides is 1. The minimum atomic E-state index is -0.405. The summed E-state index contributed by atoms with van der Waals surface area (Å²) in [5, 5.41) is 3.25. The normalized spacial score (nSPS) is 11.8. The quantitative estimate of drug-likeness (QED) is 0.164. The molecule has 1 unspecified atom stereocenters. The maximum atomic E-state index is 13.1. The van der Waals surface area contributed by atoms with E-state index in [2.05, 4.69) is 36.9 Å². The molecular formula is C32H47N5O2. The van der Waals surface area contributed by atoms with Crippen molar-refractivity contribution < 1.29 is 4.79 Å². The molecule has 2 aromatic carbocycles. The fourth-order valence-corrected chi connectivity index (χ4v) is 4.65. The molecule has 0 aliphatic carbocycles. The van der Waals surface area contributed by atoms with E-state index in [1.165, 1.54) is 25.7 Å². The van der Waals surface area contributed by atoms with Gasteiger partial charge in [-0.05, 0) is 75.3 Å². The van der Waals surface area contributed by atoms with E-state index in [1.54, 1.807) is 17.0 Å². The van der Waals surface area contributed by atoms with Gasteiger partial charge in [0.15, 0.2) is 0 Å². The number of H-pyrrole nitrogens is 1. The van der Waals surface area contributed by atoms with E-state index in [1.807, 2.05) is 43.3 Å². The Morgan fingerprint density at radius 3 is 2.33 bits per heavy atom. The van der Waals surface area contributed by atoms with Gasteiger partial charge in [-0.25, -0.2) is 4.68 Å². The van der Waals surface area contributed by atoms with Crippen LogP contribution in [0.3, 0.4) is 0 Å². The summed E-state index contributed by atoms with van der Waals surface area (Å²) in [6.45, 7) is 9.14. The molecule has 1 amide bonds. The van der Waals surface area contributed by atoms with Crippen molar-refractivity contribution in [3.8, 4) is 0 Å². The number of amides is 1. The summed E-state index contributed by atoms with van der Waals surface area (Å²) in [7, 11) is 0. The molecule has 1 atom stereocenters. The number of hydrogen-bond acceptors (Lipinski definition) is 4. The van der Waals surface area contributed by atoms with E-state index < -0.39 is 5.91 Å². The van der Waals surface area contributed by atoms with Crippen LogP contribution in [0.15, 0.2) is 58.3 Å². The first-order chi connectivity index (χ1) is 18.9. The number of aromatic nitrogens is 2. The van der Waals surface area contributed by atoms with Crippen molar-refractivity contribution in [1.82, 2.24) is 9.78 Å². The van der Waals surface area contributed by atoms with Crippen LogP contribution >= 0.6 is 0 Å². The Balaban J connectivity index is 0.000000673. The molecule has 7 nitrogen and oxygen atoms in total. The van der Waals surface area contributed by atoms with E-state index in [9.17, 15) is 9.59 Å². The Morgan fingerprint density at radius 2 is 1.69 bits per heavy atom. The highest BCUT2D eigenvalue weighted by Crippen LogP contribution is 2.21. The predicted molar refractivity (Wildman–Crippen MR) is 163 cm³/mol. The highest BCUT2D eigenvalue weighted by Gasteiger charge is 2.17. The topological polar surface area (TPSA) is 119 Å². The lowest BCUT2D eigenvalue weighted by Crippen LogP contribution is -2.24. The zero-order valence-corrected chi connectivity index (χ0v) is 24.2. The van der Waals surface area contributed by atoms with E-state index in [0.29, 0.717) is 11.1 Å². The molecule has 212 valence electrons. The second-order valence-electron chi connectivity index (χ2n) is 9.89. The molecule has 1 heterocycles. The Labute approximate surface area is 233 Å². The van der Waals surface area contributed by atoms with Crippen molar-refractivity contribution in [3.05, 3.63) is 86.8 Å². The maximum Gasteiger partial charge on any atom is 0.275 e. The van der Waals surface area contributed by atoms with Crippen LogP contribution in [0.4, 0.5) is 5.69 Å². The maximum absolute atomic E-state index is 13.1. The van der Waals surface area contributed by atoms with Crippen LogP contribution in [0.25, 0.3) is 0 Å². The summed E-state index contributed by atoms with van der Waals surface area (Å²) >= 11 is 0. The van der Waals surface area contributed by atoms with Gasteiger partial charge < -0.3 is 11.5 Å². The number of carbonyl (C=O) groups is 1. The lowest BCUT2D eigenvalue weighted by atomic mass is 9.99. The predicted octanol–water partition coefficient (Wildman–Crippen LogP) is 6.40. The van der Waals surface area contributed by atoms with Crippen LogP contribution in [0.1, 0.15) is 105 Å². The molecule has 0 radical (unpaired) electrons. The standard InChI is InChI=1S/C26H32N4O2.C6H15N/c1-4-19-11-7-9-16-24(19)28-17-23-18(3)29-30(26(23)32)21(5-2)14-10-13-20-12-6-8-15-22(20)25(27)31;1-2-3-4-5-6-7/h6-9,11-12,15-17,21,29H,4-5,10,13-14H2,1-3H3,(H2,27,31);2-7H2,1H3. The average Bonchev–Trinajstić information content (AvgIpc) is 3.23. The summed E-state index contributed by atoms with van der Waals surface area (Å²) in [6, 6.07) is 15.5. The van der Waals surface area contributed by atoms with Gasteiger partial charge in [-0.3, -0.25) is 19.7 Å². The first-order valence-corrected chi connectivity index (χ1v) is 14.4. The molecule has 0 aliphatic heterocycles. The van der Waals surface area contributed by atoms with Crippen LogP contribution in [-0.4, -0.2) is 28.4 Å². The number of aromatic amines is 1. The number of aliphatic imine (C=N–C) groups is 1. The number of aryl methyl sites for hydroxylation is 3. The zero-order valence-electron chi connectivity index (χ0n) is 24.2. The fraction of sp³-hybridized carbons (Fsp3) is 0.469. The van der Waals surface area contributed by atoms with E-state index in [4.69, 9.17) is 11.5 Å². The molecule has 0 saturated carbocycles. The largest absolute Gasteiger partial charge is 0.366 e. The van der Waals surface area contributed by atoms with Gasteiger partial charge in [-0.1, -0.05) is 76.4 Å². The molecule has 1 aromatic heterocycles. The molecule has 0 bridgehead atoms. The smallest absolute Gasteiger partial charge is 0.275 e. The summed E-state index contributed by atoms with van der Waals surface area (Å²) in [4.78, 5) is 29.4. The van der Waals surface area contributed by atoms with Crippen molar-refractivity contribution in [2.24, 2.45) is 16.5 Å². The van der Waals surface area contributed by atoms with Gasteiger partial charge >= 0.3 is 0 Å². The van der Waals surface area contributed by atoms with Crippen molar-refractivity contribution in [1.29, 1.82) is 0 Å². The third kappa shape index (κ3) is 9.66. The monoisotopic (exact) mass is 533 g/mol. The molecule has 5 N–H and O–H groups in total. The Morgan fingerprint density at radius 1 is 1.00 bits per heavy atom. The number of carbonyl (C=O) groups excluding carboxylic acids is 1. The summed E-state index contributed by atoms with van der Waals surface area (Å²) < 4.78 is 1.72. The van der Waals surface area contributed by atoms with Crippen LogP contribution in [0, 0.1) is 6.92 Å². The third-order valence-electron chi connectivity index (χ3n) is 7.01. The molecule has 0 fully saturated rings. The second-order valence-corrected chi connectivity index (χ2v) is 9.89. The number of para-hydroxylation sites is 1. The van der Waals surface area contributed by atoms with Crippen LogP contribution < -0.4 is 17.0 Å². The average molecular weight is 534 g/mol. The molecule has 0 spiro atoms. The van der Waals surface area contributed by atoms with Crippen molar-refractivity contribution in [3.63, 3.8) is 0 Å². The van der Waals surface area contributed by atoms with E-state index in [-0.39, 0.29) is 11.6 Å². The van der Waals surface area contributed by atoms with Gasteiger partial charge in [0.1, 0.15) is 0 Å². The molecule has 3 aromatic rings. The van der Waals surface area contributed by atoms with Gasteiger partial charge in [0, 0.05) is 17.5 Å². The van der Waals surface area contributed by atoms with Gasteiger partial charge in [-0.15, -0.1) is 0 Å². The van der Waals surface area contributed by atoms with Crippen molar-refractivity contribution >= 4 is 17.8 Å². The summed E-state index contributed by atoms with van der Waals surface area (Å²) in [6.07, 6.45) is 11.0. The number of rotatable bonds is 14. The van der Waals surface area contributed by atoms with Crippen molar-refractivity contribution in [2.75, 3.05) is 6.54 Å². The third-order valence-corrected chi connectivity index (χ3v) is 7.01. The summed E-state index contributed by atoms with van der Waals surface area (Å²) in [5.41, 5.74) is 15.7. The van der Waals surface area contributed by atoms with Gasteiger partial charge in [0.05, 0.1) is 17.3 Å². The van der Waals surface area contributed by atoms with Gasteiger partial charge in [0.25, 0.3) is 5.56 Å². The Hall–Kier alpha value is -3.45. The lowest BCUT2D eigenvalue weighted by Gasteiger charge is -2.16. The van der Waals surface area contributed by atoms with Crippen LogP contribution in [-0.2, 0) is 12.8 Å². The van der Waals surface area contributed by atoms with E-state index >= 15 is 0 Å². The highest BCUT2D eigenvalue weighted by molar-refractivity contribution is 5.94. The first-order valence-electron chi connectivity index (χ1n) is 14.4. The number of unbranched alkanes of at least 4 members (excludes halogenated alkanes) is 3. The van der Waals surface area contributed by atoms with Crippen LogP contribution in [0.2, 0.25) is 0 Å². The molecular weight excluding hydrogens is 486 g/mol. The van der Waals surface area contributed by atoms with Crippen LogP contribution in [0.5, 0.6) is 0 Å². The SMILES string of the molecule is CCCCCCN.CCc1ccccc1N=Cc1c(C)[nH]n(C(CC)CCCc2ccccc2C(N)=O)c1=O. The second kappa shape index (κ2) is 17.2. The minimum absolute atomic E-state index is 0.0482. The number of nitrogens with one attached hydrogen (secondary N) is 1. The summed E-state index contributed by atoms with van der Waals surface area (Å²) in [5.74, 6) is -0.405. The minimum Gasteiger partial charge on any atom is -0.366 e. The number of benzene rings is 2. The Kier molecular flexibility index (Phi) is 14.0. The van der Waals surface area contributed by atoms with Gasteiger partial charge in [-0.2, -0.15) is 0 Å². The lowest BCUT2D eigenvalue weighted by molar-refractivity contribution is 0.0999. The van der Waals surface area contributed by atoms with Crippen molar-refractivity contribution in [2.45, 2.75) is 91.5 Å². The number of nitrogens with two attached hydrogens (primary N) is 2. The van der Waals surface area contributed by atoms with E-state index in [0.717, 1.165) is 61.2 Å². The number of hydrogen-bond donors (Lipinski definition) is 3. The Bertz CT molecular complexity index is 1240. The zero-order chi connectivity index (χ0) is 28.6. The molecule has 0 aliphatic rings. The fourth-order valence-electron chi connectivity index (χ4n) is 4.65. The first kappa shape index (κ1) is 31.8. The molecule has 3 rings (SSSR count). The molecule has 39 heavy (non-hydrogen) atoms. The van der Waals surface area contributed by atoms with Gasteiger partial charge in [0.2, 0.25) is 5.91 Å². The molecule has 7 heteroatoms.